The zero-order chi connectivity index (χ0) is 26.7. The number of nitro groups is 2. The van der Waals surface area contributed by atoms with Crippen molar-refractivity contribution < 1.29 is 33.2 Å². The number of esters is 1. The van der Waals surface area contributed by atoms with Gasteiger partial charge in [-0.2, -0.15) is 5.10 Å². The average Bonchev–Trinajstić information content (AvgIpc) is 3.21. The first-order chi connectivity index (χ1) is 17.7. The van der Waals surface area contributed by atoms with Gasteiger partial charge in [-0.25, -0.2) is 9.18 Å². The van der Waals surface area contributed by atoms with Crippen LogP contribution in [0.15, 0.2) is 59.7 Å². The molecule has 12 nitrogen and oxygen atoms in total. The number of benzene rings is 3. The number of methoxy groups -OCH3 is 2. The summed E-state index contributed by atoms with van der Waals surface area (Å²) in [5.74, 6) is -0.560. The van der Waals surface area contributed by atoms with E-state index in [1.165, 1.54) is 38.5 Å². The van der Waals surface area contributed by atoms with Gasteiger partial charge in [-0.1, -0.05) is 18.2 Å². The zero-order valence-corrected chi connectivity index (χ0v) is 19.5. The van der Waals surface area contributed by atoms with Crippen LogP contribution in [0.3, 0.4) is 0 Å². The van der Waals surface area contributed by atoms with Crippen LogP contribution < -0.4 is 14.9 Å². The first-order valence-electron chi connectivity index (χ1n) is 10.7. The second-order valence-corrected chi connectivity index (χ2v) is 7.76. The molecule has 0 bridgehead atoms. The number of carbonyl (C=O) groups is 1. The van der Waals surface area contributed by atoms with E-state index in [4.69, 9.17) is 14.2 Å². The van der Waals surface area contributed by atoms with Crippen LogP contribution in [0.5, 0.6) is 11.5 Å². The molecular formula is C24H19FN4O8. The summed E-state index contributed by atoms with van der Waals surface area (Å²) in [5.41, 5.74) is 2.87. The number of carbonyl (C=O) groups excluding carboxylic acids is 1. The first kappa shape index (κ1) is 25.0. The van der Waals surface area contributed by atoms with Crippen LogP contribution in [0, 0.1) is 26.0 Å². The summed E-state index contributed by atoms with van der Waals surface area (Å²) in [7, 11) is 2.83. The molecule has 3 aromatic carbocycles. The Balaban J connectivity index is 1.73. The Hall–Kier alpha value is -5.07. The van der Waals surface area contributed by atoms with Crippen molar-refractivity contribution in [2.75, 3.05) is 19.6 Å². The number of nitro benzene ring substituents is 2. The predicted molar refractivity (Wildman–Crippen MR) is 129 cm³/mol. The van der Waals surface area contributed by atoms with Crippen LogP contribution >= 0.6 is 0 Å². The van der Waals surface area contributed by atoms with Crippen molar-refractivity contribution in [3.8, 4) is 11.5 Å². The highest BCUT2D eigenvalue weighted by Gasteiger charge is 2.36. The fourth-order valence-corrected chi connectivity index (χ4v) is 3.88. The minimum Gasteiger partial charge on any atom is -0.493 e. The Bertz CT molecular complexity index is 1420. The van der Waals surface area contributed by atoms with Gasteiger partial charge in [0.25, 0.3) is 5.69 Å². The number of anilines is 1. The molecule has 37 heavy (non-hydrogen) atoms. The summed E-state index contributed by atoms with van der Waals surface area (Å²) in [5, 5.41) is 26.8. The second-order valence-electron chi connectivity index (χ2n) is 7.76. The van der Waals surface area contributed by atoms with Crippen molar-refractivity contribution in [3.63, 3.8) is 0 Å². The number of hydrogen-bond donors (Lipinski definition) is 1. The minimum absolute atomic E-state index is 0.00757. The molecule has 0 aromatic heterocycles. The molecule has 1 atom stereocenters. The number of ether oxygens (including phenoxy) is 3. The molecule has 3 aromatic rings. The van der Waals surface area contributed by atoms with Crippen molar-refractivity contribution in [2.45, 2.75) is 12.5 Å². The summed E-state index contributed by atoms with van der Waals surface area (Å²) in [6, 6.07) is 11.7. The molecule has 190 valence electrons. The highest BCUT2D eigenvalue weighted by atomic mass is 19.1. The number of cyclic esters (lactones) is 1. The van der Waals surface area contributed by atoms with Crippen molar-refractivity contribution in [1.82, 2.24) is 0 Å². The largest absolute Gasteiger partial charge is 0.493 e. The normalized spacial score (nSPS) is 14.5. The molecule has 4 rings (SSSR count). The molecule has 0 saturated carbocycles. The number of halogens is 1. The molecule has 1 unspecified atom stereocenters. The molecular weight excluding hydrogens is 491 g/mol. The number of non-ortho nitro benzene ring substituents is 1. The highest BCUT2D eigenvalue weighted by Crippen LogP contribution is 2.43. The molecule has 0 aliphatic carbocycles. The number of hydrogen-bond acceptors (Lipinski definition) is 10. The van der Waals surface area contributed by atoms with Gasteiger partial charge in [-0.3, -0.25) is 25.7 Å². The minimum atomic E-state index is -0.806. The fraction of sp³-hybridized carbons (Fsp3) is 0.167. The molecule has 13 heteroatoms. The lowest BCUT2D eigenvalue weighted by molar-refractivity contribution is -0.393. The number of hydrazone groups is 1. The number of fused-ring (bicyclic) bond motifs is 1. The number of nitrogens with zero attached hydrogens (tertiary/aromatic N) is 3. The topological polar surface area (TPSA) is 155 Å². The Kier molecular flexibility index (Phi) is 6.95. The van der Waals surface area contributed by atoms with Crippen molar-refractivity contribution in [3.05, 3.63) is 97.3 Å². The molecule has 1 aliphatic heterocycles. The van der Waals surface area contributed by atoms with Gasteiger partial charge >= 0.3 is 11.7 Å². The van der Waals surface area contributed by atoms with E-state index in [1.807, 2.05) is 0 Å². The third-order valence-corrected chi connectivity index (χ3v) is 5.63. The quantitative estimate of drug-likeness (QED) is 0.185. The zero-order valence-electron chi connectivity index (χ0n) is 19.5. The molecule has 1 aliphatic rings. The third-order valence-electron chi connectivity index (χ3n) is 5.63. The average molecular weight is 510 g/mol. The first-order valence-corrected chi connectivity index (χ1v) is 10.7. The van der Waals surface area contributed by atoms with Crippen molar-refractivity contribution in [2.24, 2.45) is 5.10 Å². The SMILES string of the molecule is COc1ccc2c(c1OC)C(=O)OC2CC(=NNc1ccc([N+](=O)[O-])cc1[N+](=O)[O-])c1ccc(F)cc1. The van der Waals surface area contributed by atoms with Crippen LogP contribution in [0.1, 0.15) is 34.0 Å². The predicted octanol–water partition coefficient (Wildman–Crippen LogP) is 4.78. The van der Waals surface area contributed by atoms with E-state index in [1.54, 1.807) is 12.1 Å². The van der Waals surface area contributed by atoms with Gasteiger partial charge < -0.3 is 14.2 Å². The van der Waals surface area contributed by atoms with Gasteiger partial charge in [0, 0.05) is 18.1 Å². The Morgan fingerprint density at radius 1 is 1.05 bits per heavy atom. The summed E-state index contributed by atoms with van der Waals surface area (Å²) in [4.78, 5) is 33.7. The van der Waals surface area contributed by atoms with Crippen LogP contribution in [-0.2, 0) is 4.74 Å². The Labute approximate surface area is 208 Å². The smallest absolute Gasteiger partial charge is 0.343 e. The van der Waals surface area contributed by atoms with E-state index in [2.05, 4.69) is 10.5 Å². The maximum atomic E-state index is 13.6. The summed E-state index contributed by atoms with van der Waals surface area (Å²) >= 11 is 0. The highest BCUT2D eigenvalue weighted by molar-refractivity contribution is 6.03. The lowest BCUT2D eigenvalue weighted by atomic mass is 9.97. The lowest BCUT2D eigenvalue weighted by Crippen LogP contribution is -2.11. The van der Waals surface area contributed by atoms with Crippen molar-refractivity contribution in [1.29, 1.82) is 0 Å². The van der Waals surface area contributed by atoms with E-state index < -0.39 is 39.1 Å². The molecule has 1 N–H and O–H groups in total. The van der Waals surface area contributed by atoms with E-state index in [9.17, 15) is 29.4 Å². The third kappa shape index (κ3) is 5.00. The van der Waals surface area contributed by atoms with Gasteiger partial charge in [0.05, 0.1) is 35.8 Å². The fourth-order valence-electron chi connectivity index (χ4n) is 3.88. The molecule has 0 fully saturated rings. The maximum Gasteiger partial charge on any atom is 0.343 e. The van der Waals surface area contributed by atoms with Crippen molar-refractivity contribution >= 4 is 28.7 Å². The van der Waals surface area contributed by atoms with E-state index >= 15 is 0 Å². The van der Waals surface area contributed by atoms with Gasteiger partial charge in [-0.15, -0.1) is 0 Å². The Morgan fingerprint density at radius 3 is 2.41 bits per heavy atom. The van der Waals surface area contributed by atoms with Crippen LogP contribution in [0.4, 0.5) is 21.5 Å². The van der Waals surface area contributed by atoms with Gasteiger partial charge in [-0.05, 0) is 29.8 Å². The lowest BCUT2D eigenvalue weighted by Gasteiger charge is -2.15. The van der Waals surface area contributed by atoms with Gasteiger partial charge in [0.2, 0.25) is 0 Å². The molecule has 0 spiro atoms. The summed E-state index contributed by atoms with van der Waals surface area (Å²) in [6.45, 7) is 0. The molecule has 0 saturated heterocycles. The van der Waals surface area contributed by atoms with Gasteiger partial charge in [0.15, 0.2) is 11.5 Å². The molecule has 0 radical (unpaired) electrons. The van der Waals surface area contributed by atoms with E-state index in [0.717, 1.165) is 18.2 Å². The molecule has 0 amide bonds. The van der Waals surface area contributed by atoms with Crippen LogP contribution in [0.2, 0.25) is 0 Å². The van der Waals surface area contributed by atoms with E-state index in [0.29, 0.717) is 16.9 Å². The molecule has 1 heterocycles. The number of nitrogens with one attached hydrogen (secondary N) is 1. The van der Waals surface area contributed by atoms with Gasteiger partial charge in [0.1, 0.15) is 23.2 Å². The Morgan fingerprint density at radius 2 is 1.78 bits per heavy atom. The number of rotatable bonds is 9. The monoisotopic (exact) mass is 510 g/mol. The maximum absolute atomic E-state index is 13.6. The van der Waals surface area contributed by atoms with Crippen LogP contribution in [-0.4, -0.2) is 35.7 Å². The summed E-state index contributed by atoms with van der Waals surface area (Å²) in [6.07, 6.45) is -0.798. The van der Waals surface area contributed by atoms with E-state index in [-0.39, 0.29) is 29.1 Å². The second kappa shape index (κ2) is 10.3. The summed E-state index contributed by atoms with van der Waals surface area (Å²) < 4.78 is 29.7. The standard InChI is InChI=1S/C24H19FN4O8/c1-35-20-10-8-16-21(37-24(30)22(16)23(20)36-2)12-18(13-3-5-14(25)6-4-13)27-26-17-9-7-15(28(31)32)11-19(17)29(33)34/h3-11,21,26H,12H2,1-2H3. The van der Waals surface area contributed by atoms with Crippen LogP contribution in [0.25, 0.3) is 0 Å².